The Morgan fingerprint density at radius 2 is 1.81 bits per heavy atom. The normalized spacial score (nSPS) is 13.7. The molecule has 0 bridgehead atoms. The Bertz CT molecular complexity index is 1130. The third kappa shape index (κ3) is 5.63. The van der Waals surface area contributed by atoms with Crippen LogP contribution in [0.25, 0.3) is 0 Å². The summed E-state index contributed by atoms with van der Waals surface area (Å²) in [6, 6.07) is 4.67. The van der Waals surface area contributed by atoms with E-state index in [0.29, 0.717) is 11.3 Å². The molecule has 1 heterocycles. The molecule has 1 aromatic heterocycles. The van der Waals surface area contributed by atoms with Crippen molar-refractivity contribution >= 4 is 33.0 Å². The Kier molecular flexibility index (Phi) is 7.67. The van der Waals surface area contributed by atoms with E-state index in [2.05, 4.69) is 21.1 Å². The highest BCUT2D eigenvalue weighted by molar-refractivity contribution is 7.93. The number of aromatic nitrogens is 1. The van der Waals surface area contributed by atoms with E-state index in [4.69, 9.17) is 4.78 Å². The van der Waals surface area contributed by atoms with Crippen molar-refractivity contribution in [3.05, 3.63) is 39.5 Å². The monoisotopic (exact) mass is 479 g/mol. The number of nitrogens with zero attached hydrogens (tertiary/aromatic N) is 2. The van der Waals surface area contributed by atoms with E-state index in [-0.39, 0.29) is 26.7 Å². The highest BCUT2D eigenvalue weighted by Crippen LogP contribution is 2.34. The quantitative estimate of drug-likeness (QED) is 0.401. The van der Waals surface area contributed by atoms with E-state index < -0.39 is 28.2 Å². The largest absolute Gasteiger partial charge is 0.390 e. The lowest BCUT2D eigenvalue weighted by atomic mass is 9.90. The van der Waals surface area contributed by atoms with Crippen molar-refractivity contribution in [1.29, 1.82) is 10.0 Å². The lowest BCUT2D eigenvalue weighted by molar-refractivity contribution is 0.0779. The molecule has 0 fully saturated rings. The number of carbonyl (C=O) groups excluding carboxylic acids is 1. The fraction of sp³-hybridized carbons (Fsp3) is 0.476. The summed E-state index contributed by atoms with van der Waals surface area (Å²) in [4.78, 5) is 16.9. The van der Waals surface area contributed by atoms with Gasteiger partial charge in [0, 0.05) is 5.69 Å². The predicted octanol–water partition coefficient (Wildman–Crippen LogP) is 4.12. The lowest BCUT2D eigenvalue weighted by Gasteiger charge is -2.21. The molecule has 1 aromatic carbocycles. The molecule has 0 aliphatic rings. The van der Waals surface area contributed by atoms with Crippen LogP contribution < -0.4 is 10.0 Å². The molecule has 0 unspecified atom stereocenters. The van der Waals surface area contributed by atoms with E-state index in [1.807, 2.05) is 27.7 Å². The molecule has 0 spiro atoms. The average molecular weight is 480 g/mol. The van der Waals surface area contributed by atoms with Gasteiger partial charge in [-0.05, 0) is 48.9 Å². The molecule has 0 radical (unpaired) electrons. The van der Waals surface area contributed by atoms with Crippen molar-refractivity contribution in [2.45, 2.75) is 69.8 Å². The molecule has 174 valence electrons. The number of nitrogens with one attached hydrogen (secondary N) is 3. The number of aliphatic hydroxyl groups is 2. The standard InChI is InChI=1S/C21H29N5O4S2/c1-11(2)14-7-13(9-22)8-15(12(3)4)17(14)25-20(28)26-32(23,30)18-16(10-27)24-19(31-18)21(5,6)29/h7-8,11-12,27,29H,10H2,1-6H3,(H3,23,25,26,28,30)/t32-/m1/s1. The average Bonchev–Trinajstić information content (AvgIpc) is 3.13. The van der Waals surface area contributed by atoms with Crippen molar-refractivity contribution in [3.8, 4) is 6.07 Å². The molecule has 2 amide bonds. The van der Waals surface area contributed by atoms with E-state index in [9.17, 15) is 24.5 Å². The first kappa shape index (κ1) is 25.7. The zero-order chi connectivity index (χ0) is 24.4. The van der Waals surface area contributed by atoms with Crippen molar-refractivity contribution in [1.82, 2.24) is 9.71 Å². The number of anilines is 1. The Labute approximate surface area is 192 Å². The molecule has 11 heteroatoms. The third-order valence-electron chi connectivity index (χ3n) is 4.64. The van der Waals surface area contributed by atoms with Crippen molar-refractivity contribution in [3.63, 3.8) is 0 Å². The fourth-order valence-corrected chi connectivity index (χ4v) is 5.53. The second kappa shape index (κ2) is 9.54. The van der Waals surface area contributed by atoms with E-state index in [1.165, 1.54) is 13.8 Å². The second-order valence-electron chi connectivity index (χ2n) is 8.53. The molecular formula is C21H29N5O4S2. The van der Waals surface area contributed by atoms with E-state index >= 15 is 0 Å². The maximum atomic E-state index is 13.1. The number of hydrogen-bond donors (Lipinski definition) is 5. The van der Waals surface area contributed by atoms with Crippen LogP contribution in [0.1, 0.15) is 80.8 Å². The van der Waals surface area contributed by atoms with Gasteiger partial charge < -0.3 is 15.5 Å². The number of benzene rings is 1. The van der Waals surface area contributed by atoms with E-state index in [0.717, 1.165) is 22.5 Å². The summed E-state index contributed by atoms with van der Waals surface area (Å²) < 4.78 is 23.4. The van der Waals surface area contributed by atoms with E-state index in [1.54, 1.807) is 12.1 Å². The van der Waals surface area contributed by atoms with Crippen molar-refractivity contribution in [2.75, 3.05) is 5.32 Å². The molecule has 5 N–H and O–H groups in total. The number of nitriles is 1. The highest BCUT2D eigenvalue weighted by Gasteiger charge is 2.29. The summed E-state index contributed by atoms with van der Waals surface area (Å²) >= 11 is 0.805. The molecule has 0 aliphatic heterocycles. The molecule has 32 heavy (non-hydrogen) atoms. The van der Waals surface area contributed by atoms with Crippen LogP contribution in [-0.2, 0) is 22.1 Å². The summed E-state index contributed by atoms with van der Waals surface area (Å²) in [5.74, 6) is -0.0124. The first-order valence-corrected chi connectivity index (χ1v) is 12.4. The lowest BCUT2D eigenvalue weighted by Crippen LogP contribution is -2.34. The van der Waals surface area contributed by atoms with Crippen LogP contribution >= 0.6 is 11.3 Å². The van der Waals surface area contributed by atoms with Crippen LogP contribution in [0.4, 0.5) is 10.5 Å². The summed E-state index contributed by atoms with van der Waals surface area (Å²) in [6.45, 7) is 10.1. The fourth-order valence-electron chi connectivity index (χ4n) is 3.05. The number of rotatable bonds is 7. The number of amides is 2. The summed E-state index contributed by atoms with van der Waals surface area (Å²) in [5, 5.41) is 32.0. The zero-order valence-electron chi connectivity index (χ0n) is 18.9. The van der Waals surface area contributed by atoms with Crippen molar-refractivity contribution < 1.29 is 19.2 Å². The van der Waals surface area contributed by atoms with Crippen molar-refractivity contribution in [2.24, 2.45) is 0 Å². The smallest absolute Gasteiger partial charge is 0.331 e. The second-order valence-corrected chi connectivity index (χ2v) is 11.5. The summed E-state index contributed by atoms with van der Waals surface area (Å²) in [6.07, 6.45) is 0. The minimum absolute atomic E-state index is 0.00621. The topological polar surface area (TPSA) is 159 Å². The molecule has 0 saturated heterocycles. The Morgan fingerprint density at radius 1 is 1.28 bits per heavy atom. The van der Waals surface area contributed by atoms with Crippen LogP contribution in [0, 0.1) is 16.1 Å². The van der Waals surface area contributed by atoms with Gasteiger partial charge in [-0.15, -0.1) is 11.3 Å². The van der Waals surface area contributed by atoms with Gasteiger partial charge in [-0.1, -0.05) is 27.7 Å². The first-order chi connectivity index (χ1) is 14.7. The number of aliphatic hydroxyl groups excluding tert-OH is 1. The molecule has 0 aliphatic carbocycles. The van der Waals surface area contributed by atoms with Gasteiger partial charge in [-0.25, -0.2) is 23.5 Å². The van der Waals surface area contributed by atoms with Crippen LogP contribution in [0.3, 0.4) is 0 Å². The van der Waals surface area contributed by atoms with Gasteiger partial charge in [-0.2, -0.15) is 5.26 Å². The van der Waals surface area contributed by atoms with Gasteiger partial charge in [-0.3, -0.25) is 0 Å². The molecule has 2 aromatic rings. The molecule has 0 saturated carbocycles. The predicted molar refractivity (Wildman–Crippen MR) is 124 cm³/mol. The SMILES string of the molecule is CC(C)c1cc(C#N)cc(C(C)C)c1NC(=O)N[S@@](=N)(=O)c1sc(C(C)(C)O)nc1CO. The number of urea groups is 1. The highest BCUT2D eigenvalue weighted by atomic mass is 32.2. The maximum Gasteiger partial charge on any atom is 0.331 e. The van der Waals surface area contributed by atoms with Gasteiger partial charge in [0.15, 0.2) is 9.92 Å². The summed E-state index contributed by atoms with van der Waals surface area (Å²) in [5.41, 5.74) is 1.09. The Hall–Kier alpha value is -2.52. The Morgan fingerprint density at radius 3 is 2.22 bits per heavy atom. The minimum atomic E-state index is -3.87. The number of carbonyl (C=O) groups is 1. The number of thiazole rings is 1. The van der Waals surface area contributed by atoms with Crippen LogP contribution in [-0.4, -0.2) is 25.4 Å². The van der Waals surface area contributed by atoms with Crippen LogP contribution in [0.2, 0.25) is 0 Å². The molecule has 1 atom stereocenters. The van der Waals surface area contributed by atoms with Crippen LogP contribution in [0.15, 0.2) is 16.3 Å². The maximum absolute atomic E-state index is 13.1. The minimum Gasteiger partial charge on any atom is -0.390 e. The van der Waals surface area contributed by atoms with Gasteiger partial charge in [0.2, 0.25) is 0 Å². The van der Waals surface area contributed by atoms with Gasteiger partial charge in [0.05, 0.1) is 23.9 Å². The first-order valence-electron chi connectivity index (χ1n) is 10.00. The molecule has 9 nitrogen and oxygen atoms in total. The number of hydrogen-bond acceptors (Lipinski definition) is 8. The van der Waals surface area contributed by atoms with Gasteiger partial charge >= 0.3 is 6.03 Å². The Balaban J connectivity index is 2.43. The zero-order valence-corrected chi connectivity index (χ0v) is 20.6. The third-order valence-corrected chi connectivity index (χ3v) is 8.03. The van der Waals surface area contributed by atoms with Gasteiger partial charge in [0.25, 0.3) is 0 Å². The van der Waals surface area contributed by atoms with Crippen LogP contribution in [0.5, 0.6) is 0 Å². The van der Waals surface area contributed by atoms with Gasteiger partial charge in [0.1, 0.15) is 14.8 Å². The molecule has 2 rings (SSSR count). The summed E-state index contributed by atoms with van der Waals surface area (Å²) in [7, 11) is -3.87. The molecular weight excluding hydrogens is 450 g/mol.